The Morgan fingerprint density at radius 3 is 2.48 bits per heavy atom. The summed E-state index contributed by atoms with van der Waals surface area (Å²) in [4.78, 5) is 16.4. The van der Waals surface area contributed by atoms with E-state index < -0.39 is 0 Å². The van der Waals surface area contributed by atoms with Crippen molar-refractivity contribution in [1.29, 1.82) is 0 Å². The fourth-order valence-electron chi connectivity index (χ4n) is 3.23. The van der Waals surface area contributed by atoms with Gasteiger partial charge in [-0.25, -0.2) is 0 Å². The van der Waals surface area contributed by atoms with E-state index in [1.54, 1.807) is 0 Å². The van der Waals surface area contributed by atoms with Gasteiger partial charge in [0.2, 0.25) is 5.91 Å². The van der Waals surface area contributed by atoms with Crippen molar-refractivity contribution in [3.63, 3.8) is 0 Å². The molecule has 1 fully saturated rings. The summed E-state index contributed by atoms with van der Waals surface area (Å²) in [5.74, 6) is -0.251. The quantitative estimate of drug-likeness (QED) is 0.941. The van der Waals surface area contributed by atoms with Crippen molar-refractivity contribution in [2.45, 2.75) is 19.5 Å². The molecule has 1 unspecified atom stereocenters. The number of benzene rings is 2. The molecular weight excluding hydrogens is 286 g/mol. The summed E-state index contributed by atoms with van der Waals surface area (Å²) in [5.41, 5.74) is 9.32. The summed E-state index contributed by atoms with van der Waals surface area (Å²) in [7, 11) is 0. The van der Waals surface area contributed by atoms with Gasteiger partial charge in [-0.1, -0.05) is 48.5 Å². The van der Waals surface area contributed by atoms with Crippen LogP contribution < -0.4 is 10.6 Å². The van der Waals surface area contributed by atoms with Crippen LogP contribution in [0.4, 0.5) is 5.69 Å². The molecule has 4 heteroatoms. The Labute approximate surface area is 137 Å². The first-order valence-electron chi connectivity index (χ1n) is 8.03. The maximum Gasteiger partial charge on any atom is 0.236 e. The van der Waals surface area contributed by atoms with Crippen LogP contribution in [0.2, 0.25) is 0 Å². The van der Waals surface area contributed by atoms with Gasteiger partial charge < -0.3 is 10.6 Å². The van der Waals surface area contributed by atoms with E-state index in [1.807, 2.05) is 30.3 Å². The Bertz CT molecular complexity index is 671. The van der Waals surface area contributed by atoms with Crippen LogP contribution in [0.1, 0.15) is 11.1 Å². The number of para-hydroxylation sites is 1. The molecule has 0 radical (unpaired) electrons. The van der Waals surface area contributed by atoms with E-state index >= 15 is 0 Å². The minimum absolute atomic E-state index is 0.251. The molecule has 120 valence electrons. The summed E-state index contributed by atoms with van der Waals surface area (Å²) < 4.78 is 0. The topological polar surface area (TPSA) is 49.6 Å². The molecule has 2 aromatic carbocycles. The highest BCUT2D eigenvalue weighted by Gasteiger charge is 2.31. The van der Waals surface area contributed by atoms with Gasteiger partial charge in [-0.3, -0.25) is 9.69 Å². The molecule has 1 atom stereocenters. The summed E-state index contributed by atoms with van der Waals surface area (Å²) in [6, 6.07) is 18.3. The zero-order valence-electron chi connectivity index (χ0n) is 13.5. The SMILES string of the molecule is Cc1ccccc1N1CCN(Cc2ccccc2)C(C(N)=O)C1. The number of amides is 1. The Hall–Kier alpha value is -2.33. The third-order valence-electron chi connectivity index (χ3n) is 4.50. The first-order chi connectivity index (χ1) is 11.1. The summed E-state index contributed by atoms with van der Waals surface area (Å²) in [5, 5.41) is 0. The Kier molecular flexibility index (Phi) is 4.63. The molecule has 1 aliphatic rings. The zero-order chi connectivity index (χ0) is 16.2. The Balaban J connectivity index is 1.76. The number of anilines is 1. The van der Waals surface area contributed by atoms with Crippen LogP contribution in [0.3, 0.4) is 0 Å². The Morgan fingerprint density at radius 2 is 1.78 bits per heavy atom. The van der Waals surface area contributed by atoms with Gasteiger partial charge in [0, 0.05) is 31.9 Å². The van der Waals surface area contributed by atoms with Gasteiger partial charge in [-0.2, -0.15) is 0 Å². The fraction of sp³-hybridized carbons (Fsp3) is 0.316. The van der Waals surface area contributed by atoms with Crippen LogP contribution in [0.25, 0.3) is 0 Å². The lowest BCUT2D eigenvalue weighted by molar-refractivity contribution is -0.123. The predicted octanol–water partition coefficient (Wildman–Crippen LogP) is 2.17. The lowest BCUT2D eigenvalue weighted by atomic mass is 10.1. The number of carbonyl (C=O) groups excluding carboxylic acids is 1. The number of nitrogens with zero attached hydrogens (tertiary/aromatic N) is 2. The highest BCUT2D eigenvalue weighted by Crippen LogP contribution is 2.23. The van der Waals surface area contributed by atoms with Crippen molar-refractivity contribution < 1.29 is 4.79 Å². The van der Waals surface area contributed by atoms with Gasteiger partial charge in [0.05, 0.1) is 0 Å². The van der Waals surface area contributed by atoms with Crippen molar-refractivity contribution in [1.82, 2.24) is 4.90 Å². The Morgan fingerprint density at radius 1 is 1.09 bits per heavy atom. The van der Waals surface area contributed by atoms with Gasteiger partial charge in [0.15, 0.2) is 0 Å². The van der Waals surface area contributed by atoms with Crippen molar-refractivity contribution in [3.8, 4) is 0 Å². The minimum Gasteiger partial charge on any atom is -0.368 e. The lowest BCUT2D eigenvalue weighted by Gasteiger charge is -2.41. The maximum absolute atomic E-state index is 12.0. The molecule has 2 aromatic rings. The molecular formula is C19H23N3O. The van der Waals surface area contributed by atoms with E-state index in [0.717, 1.165) is 19.6 Å². The standard InChI is InChI=1S/C19H23N3O/c1-15-7-5-6-10-17(15)22-12-11-21(18(14-22)19(20)23)13-16-8-3-2-4-9-16/h2-10,18H,11-14H2,1H3,(H2,20,23). The monoisotopic (exact) mass is 309 g/mol. The zero-order valence-corrected chi connectivity index (χ0v) is 13.5. The average Bonchev–Trinajstić information content (AvgIpc) is 2.56. The van der Waals surface area contributed by atoms with Gasteiger partial charge >= 0.3 is 0 Å². The fourth-order valence-corrected chi connectivity index (χ4v) is 3.23. The number of piperazine rings is 1. The molecule has 1 heterocycles. The van der Waals surface area contributed by atoms with Crippen LogP contribution in [-0.4, -0.2) is 36.5 Å². The molecule has 0 aliphatic carbocycles. The number of rotatable bonds is 4. The maximum atomic E-state index is 12.0. The second-order valence-electron chi connectivity index (χ2n) is 6.11. The molecule has 23 heavy (non-hydrogen) atoms. The smallest absolute Gasteiger partial charge is 0.236 e. The van der Waals surface area contributed by atoms with Gasteiger partial charge in [0.1, 0.15) is 6.04 Å². The number of hydrogen-bond acceptors (Lipinski definition) is 3. The van der Waals surface area contributed by atoms with Crippen molar-refractivity contribution in [2.24, 2.45) is 5.73 Å². The largest absolute Gasteiger partial charge is 0.368 e. The molecule has 1 saturated heterocycles. The first-order valence-corrected chi connectivity index (χ1v) is 8.03. The first kappa shape index (κ1) is 15.6. The minimum atomic E-state index is -0.261. The third kappa shape index (κ3) is 3.54. The summed E-state index contributed by atoms with van der Waals surface area (Å²) >= 11 is 0. The molecule has 2 N–H and O–H groups in total. The second-order valence-corrected chi connectivity index (χ2v) is 6.11. The van der Waals surface area contributed by atoms with E-state index in [0.29, 0.717) is 6.54 Å². The molecule has 4 nitrogen and oxygen atoms in total. The van der Waals surface area contributed by atoms with Gasteiger partial charge in [-0.05, 0) is 24.1 Å². The molecule has 1 aliphatic heterocycles. The predicted molar refractivity (Wildman–Crippen MR) is 93.2 cm³/mol. The van der Waals surface area contributed by atoms with Crippen molar-refractivity contribution >= 4 is 11.6 Å². The van der Waals surface area contributed by atoms with E-state index in [-0.39, 0.29) is 11.9 Å². The summed E-state index contributed by atoms with van der Waals surface area (Å²) in [6.07, 6.45) is 0. The molecule has 0 saturated carbocycles. The third-order valence-corrected chi connectivity index (χ3v) is 4.50. The normalized spacial score (nSPS) is 18.8. The molecule has 0 spiro atoms. The van der Waals surface area contributed by atoms with Crippen molar-refractivity contribution in [2.75, 3.05) is 24.5 Å². The highest BCUT2D eigenvalue weighted by molar-refractivity contribution is 5.81. The number of carbonyl (C=O) groups is 1. The number of primary amides is 1. The molecule has 1 amide bonds. The van der Waals surface area contributed by atoms with E-state index in [2.05, 4.69) is 41.0 Å². The second kappa shape index (κ2) is 6.84. The van der Waals surface area contributed by atoms with Gasteiger partial charge in [-0.15, -0.1) is 0 Å². The van der Waals surface area contributed by atoms with Crippen LogP contribution >= 0.6 is 0 Å². The van der Waals surface area contributed by atoms with E-state index in [9.17, 15) is 4.79 Å². The van der Waals surface area contributed by atoms with Gasteiger partial charge in [0.25, 0.3) is 0 Å². The lowest BCUT2D eigenvalue weighted by Crippen LogP contribution is -2.58. The van der Waals surface area contributed by atoms with Crippen LogP contribution in [-0.2, 0) is 11.3 Å². The number of aryl methyl sites for hydroxylation is 1. The van der Waals surface area contributed by atoms with Crippen LogP contribution in [0.15, 0.2) is 54.6 Å². The van der Waals surface area contributed by atoms with Crippen LogP contribution in [0.5, 0.6) is 0 Å². The number of nitrogens with two attached hydrogens (primary N) is 1. The molecule has 0 aromatic heterocycles. The average molecular weight is 309 g/mol. The number of hydrogen-bond donors (Lipinski definition) is 1. The van der Waals surface area contributed by atoms with E-state index in [1.165, 1.54) is 16.8 Å². The van der Waals surface area contributed by atoms with E-state index in [4.69, 9.17) is 5.73 Å². The molecule has 3 rings (SSSR count). The van der Waals surface area contributed by atoms with Crippen molar-refractivity contribution in [3.05, 3.63) is 65.7 Å². The highest BCUT2D eigenvalue weighted by atomic mass is 16.1. The summed E-state index contributed by atoms with van der Waals surface area (Å²) in [6.45, 7) is 5.24. The molecule has 0 bridgehead atoms. The van der Waals surface area contributed by atoms with Crippen LogP contribution in [0, 0.1) is 6.92 Å².